The van der Waals surface area contributed by atoms with Crippen LogP contribution in [0.1, 0.15) is 19.5 Å². The molecule has 1 aliphatic rings. The number of piperazine rings is 1. The van der Waals surface area contributed by atoms with E-state index in [-0.39, 0.29) is 0 Å². The Balaban J connectivity index is 1.73. The van der Waals surface area contributed by atoms with Gasteiger partial charge in [0.15, 0.2) is 0 Å². The highest BCUT2D eigenvalue weighted by molar-refractivity contribution is 5.47. The molecular weight excluding hydrogens is 280 g/mol. The molecule has 120 valence electrons. The van der Waals surface area contributed by atoms with Gasteiger partial charge in [-0.25, -0.2) is 4.98 Å². The molecule has 2 aromatic heterocycles. The summed E-state index contributed by atoms with van der Waals surface area (Å²) in [6, 6.07) is 2.57. The molecule has 1 fully saturated rings. The Labute approximate surface area is 130 Å². The lowest BCUT2D eigenvalue weighted by atomic mass is 10.2. The van der Waals surface area contributed by atoms with Gasteiger partial charge in [-0.2, -0.15) is 14.6 Å². The predicted molar refractivity (Wildman–Crippen MR) is 85.3 cm³/mol. The average molecular weight is 304 g/mol. The van der Waals surface area contributed by atoms with Gasteiger partial charge in [-0.1, -0.05) is 0 Å². The average Bonchev–Trinajstić information content (AvgIpc) is 2.96. The van der Waals surface area contributed by atoms with E-state index >= 15 is 0 Å². The Hall–Kier alpha value is -1.73. The molecule has 0 bridgehead atoms. The molecule has 1 saturated heterocycles. The predicted octanol–water partition coefficient (Wildman–Crippen LogP) is 0.980. The van der Waals surface area contributed by atoms with Gasteiger partial charge >= 0.3 is 0 Å². The minimum absolute atomic E-state index is 0.487. The summed E-state index contributed by atoms with van der Waals surface area (Å²) in [5, 5.41) is 4.31. The van der Waals surface area contributed by atoms with Gasteiger partial charge < -0.3 is 9.64 Å². The van der Waals surface area contributed by atoms with Gasteiger partial charge in [-0.05, 0) is 20.8 Å². The summed E-state index contributed by atoms with van der Waals surface area (Å²) in [6.07, 6.45) is 1.56. The molecule has 7 nitrogen and oxygen atoms in total. The Morgan fingerprint density at radius 2 is 2.23 bits per heavy atom. The Bertz CT molecular complexity index is 628. The maximum Gasteiger partial charge on any atom is 0.254 e. The van der Waals surface area contributed by atoms with E-state index in [4.69, 9.17) is 4.74 Å². The first kappa shape index (κ1) is 15.2. The number of aryl methyl sites for hydroxylation is 1. The third-order valence-electron chi connectivity index (χ3n) is 4.18. The third-order valence-corrected chi connectivity index (χ3v) is 4.18. The molecule has 0 saturated carbocycles. The van der Waals surface area contributed by atoms with Gasteiger partial charge in [0.25, 0.3) is 5.78 Å². The van der Waals surface area contributed by atoms with E-state index in [1.54, 1.807) is 6.33 Å². The SMILES string of the molecule is CCOCCN1CCN(c2cc(C)nc3ncnn23)CC1C. The first-order valence-corrected chi connectivity index (χ1v) is 7.93. The fourth-order valence-electron chi connectivity index (χ4n) is 3.00. The summed E-state index contributed by atoms with van der Waals surface area (Å²) in [4.78, 5) is 13.5. The summed E-state index contributed by atoms with van der Waals surface area (Å²) < 4.78 is 7.30. The van der Waals surface area contributed by atoms with Crippen LogP contribution in [0.2, 0.25) is 0 Å². The van der Waals surface area contributed by atoms with E-state index in [0.717, 1.165) is 50.9 Å². The molecule has 1 aliphatic heterocycles. The smallest absolute Gasteiger partial charge is 0.254 e. The number of hydrogen-bond donors (Lipinski definition) is 0. The second-order valence-electron chi connectivity index (χ2n) is 5.76. The van der Waals surface area contributed by atoms with Crippen LogP contribution in [-0.4, -0.2) is 69.9 Å². The maximum absolute atomic E-state index is 5.47. The molecule has 3 heterocycles. The fourth-order valence-corrected chi connectivity index (χ4v) is 3.00. The number of aromatic nitrogens is 4. The Kier molecular flexibility index (Phi) is 4.54. The number of nitrogens with zero attached hydrogens (tertiary/aromatic N) is 6. The lowest BCUT2D eigenvalue weighted by Gasteiger charge is -2.40. The highest BCUT2D eigenvalue weighted by Crippen LogP contribution is 2.20. The van der Waals surface area contributed by atoms with E-state index < -0.39 is 0 Å². The van der Waals surface area contributed by atoms with Gasteiger partial charge in [-0.15, -0.1) is 0 Å². The van der Waals surface area contributed by atoms with E-state index in [1.807, 2.05) is 18.4 Å². The van der Waals surface area contributed by atoms with Crippen LogP contribution >= 0.6 is 0 Å². The van der Waals surface area contributed by atoms with Crippen molar-refractivity contribution in [1.82, 2.24) is 24.5 Å². The zero-order valence-electron chi connectivity index (χ0n) is 13.6. The van der Waals surface area contributed by atoms with Crippen molar-refractivity contribution in [3.8, 4) is 0 Å². The summed E-state index contributed by atoms with van der Waals surface area (Å²) in [5.74, 6) is 1.75. The summed E-state index contributed by atoms with van der Waals surface area (Å²) >= 11 is 0. The largest absolute Gasteiger partial charge is 0.380 e. The van der Waals surface area contributed by atoms with Gasteiger partial charge in [0.05, 0.1) is 6.61 Å². The monoisotopic (exact) mass is 304 g/mol. The molecule has 2 aromatic rings. The van der Waals surface area contributed by atoms with Crippen LogP contribution in [0.25, 0.3) is 5.78 Å². The van der Waals surface area contributed by atoms with Gasteiger partial charge in [0, 0.05) is 50.6 Å². The van der Waals surface area contributed by atoms with Crippen molar-refractivity contribution in [2.45, 2.75) is 26.8 Å². The number of rotatable bonds is 5. The van der Waals surface area contributed by atoms with Crippen LogP contribution < -0.4 is 4.90 Å². The Morgan fingerprint density at radius 3 is 3.00 bits per heavy atom. The van der Waals surface area contributed by atoms with Crippen molar-refractivity contribution >= 4 is 11.6 Å². The van der Waals surface area contributed by atoms with Crippen molar-refractivity contribution in [1.29, 1.82) is 0 Å². The quantitative estimate of drug-likeness (QED) is 0.768. The highest BCUT2D eigenvalue weighted by Gasteiger charge is 2.25. The number of hydrogen-bond acceptors (Lipinski definition) is 6. The molecule has 1 atom stereocenters. The van der Waals surface area contributed by atoms with E-state index in [9.17, 15) is 0 Å². The molecule has 0 spiro atoms. The summed E-state index contributed by atoms with van der Waals surface area (Å²) in [7, 11) is 0. The van der Waals surface area contributed by atoms with Crippen molar-refractivity contribution < 1.29 is 4.74 Å². The molecular formula is C15H24N6O. The number of anilines is 1. The normalized spacial score (nSPS) is 20.0. The molecule has 22 heavy (non-hydrogen) atoms. The molecule has 3 rings (SSSR count). The maximum atomic E-state index is 5.47. The van der Waals surface area contributed by atoms with Crippen LogP contribution in [-0.2, 0) is 4.74 Å². The molecule has 7 heteroatoms. The minimum atomic E-state index is 0.487. The molecule has 0 aliphatic carbocycles. The van der Waals surface area contributed by atoms with Crippen molar-refractivity contribution in [2.24, 2.45) is 0 Å². The first-order valence-electron chi connectivity index (χ1n) is 7.93. The van der Waals surface area contributed by atoms with Crippen molar-refractivity contribution in [3.05, 3.63) is 18.1 Å². The number of ether oxygens (including phenoxy) is 1. The van der Waals surface area contributed by atoms with E-state index in [0.29, 0.717) is 11.8 Å². The second-order valence-corrected chi connectivity index (χ2v) is 5.76. The standard InChI is InChI=1S/C15H24N6O/c1-4-22-8-7-19-5-6-20(10-13(19)3)14-9-12(2)18-15-16-11-17-21(14)15/h9,11,13H,4-8,10H2,1-3H3. The summed E-state index contributed by atoms with van der Waals surface area (Å²) in [5.41, 5.74) is 0.974. The molecule has 0 N–H and O–H groups in total. The van der Waals surface area contributed by atoms with Crippen molar-refractivity contribution in [3.63, 3.8) is 0 Å². The second kappa shape index (κ2) is 6.58. The van der Waals surface area contributed by atoms with Crippen LogP contribution in [0.15, 0.2) is 12.4 Å². The van der Waals surface area contributed by atoms with Crippen LogP contribution in [0, 0.1) is 6.92 Å². The minimum Gasteiger partial charge on any atom is -0.380 e. The highest BCUT2D eigenvalue weighted by atomic mass is 16.5. The van der Waals surface area contributed by atoms with Gasteiger partial charge in [0.2, 0.25) is 0 Å². The topological polar surface area (TPSA) is 58.8 Å². The third kappa shape index (κ3) is 3.05. The van der Waals surface area contributed by atoms with Gasteiger partial charge in [0.1, 0.15) is 12.1 Å². The lowest BCUT2D eigenvalue weighted by Crippen LogP contribution is -2.53. The first-order chi connectivity index (χ1) is 10.7. The van der Waals surface area contributed by atoms with Crippen LogP contribution in [0.5, 0.6) is 0 Å². The molecule has 0 aromatic carbocycles. The molecule has 1 unspecified atom stereocenters. The van der Waals surface area contributed by atoms with E-state index in [2.05, 4.69) is 37.9 Å². The summed E-state index contributed by atoms with van der Waals surface area (Å²) in [6.45, 7) is 11.9. The fraction of sp³-hybridized carbons (Fsp3) is 0.667. The van der Waals surface area contributed by atoms with Crippen LogP contribution in [0.4, 0.5) is 5.82 Å². The Morgan fingerprint density at radius 1 is 1.36 bits per heavy atom. The molecule has 0 radical (unpaired) electrons. The molecule has 0 amide bonds. The van der Waals surface area contributed by atoms with Crippen molar-refractivity contribution in [2.75, 3.05) is 44.3 Å². The zero-order valence-corrected chi connectivity index (χ0v) is 13.6. The lowest BCUT2D eigenvalue weighted by molar-refractivity contribution is 0.0924. The zero-order chi connectivity index (χ0) is 15.5. The van der Waals surface area contributed by atoms with Crippen LogP contribution in [0.3, 0.4) is 0 Å². The van der Waals surface area contributed by atoms with E-state index in [1.165, 1.54) is 0 Å². The van der Waals surface area contributed by atoms with Gasteiger partial charge in [-0.3, -0.25) is 4.90 Å². The number of fused-ring (bicyclic) bond motifs is 1.